The van der Waals surface area contributed by atoms with Crippen LogP contribution in [0.1, 0.15) is 55.2 Å². The standard InChI is InChI=1S/C20H26N4O2S/c1-5-14(6-2)18(26)21-20-23-22-19(27-20)15-10-17(25)24(11-15)16-8-7-12(3)13(4)9-16/h7-9,14-15H,5-6,10-11H2,1-4H3,(H,21,23,26). The molecule has 3 rings (SSSR count). The molecule has 27 heavy (non-hydrogen) atoms. The molecule has 2 heterocycles. The predicted octanol–water partition coefficient (Wildman–Crippen LogP) is 4.05. The highest BCUT2D eigenvalue weighted by Gasteiger charge is 2.34. The molecular formula is C20H26N4O2S. The van der Waals surface area contributed by atoms with Crippen molar-refractivity contribution in [1.29, 1.82) is 0 Å². The van der Waals surface area contributed by atoms with Gasteiger partial charge in [0.2, 0.25) is 16.9 Å². The summed E-state index contributed by atoms with van der Waals surface area (Å²) in [6.07, 6.45) is 2.02. The number of hydrogen-bond acceptors (Lipinski definition) is 5. The maximum Gasteiger partial charge on any atom is 0.229 e. The maximum atomic E-state index is 12.5. The van der Waals surface area contributed by atoms with Crippen molar-refractivity contribution in [3.05, 3.63) is 34.3 Å². The molecule has 6 nitrogen and oxygen atoms in total. The van der Waals surface area contributed by atoms with E-state index in [4.69, 9.17) is 0 Å². The van der Waals surface area contributed by atoms with Crippen LogP contribution in [0.2, 0.25) is 0 Å². The van der Waals surface area contributed by atoms with Crippen LogP contribution in [0.4, 0.5) is 10.8 Å². The Morgan fingerprint density at radius 2 is 2.00 bits per heavy atom. The van der Waals surface area contributed by atoms with Gasteiger partial charge in [-0.2, -0.15) is 0 Å². The van der Waals surface area contributed by atoms with Crippen molar-refractivity contribution in [2.75, 3.05) is 16.8 Å². The van der Waals surface area contributed by atoms with Gasteiger partial charge in [-0.1, -0.05) is 31.3 Å². The Morgan fingerprint density at radius 3 is 2.67 bits per heavy atom. The number of amides is 2. The Labute approximate surface area is 164 Å². The maximum absolute atomic E-state index is 12.5. The summed E-state index contributed by atoms with van der Waals surface area (Å²) in [6, 6.07) is 6.09. The van der Waals surface area contributed by atoms with E-state index in [0.717, 1.165) is 23.5 Å². The lowest BCUT2D eigenvalue weighted by Gasteiger charge is -2.17. The molecule has 1 fully saturated rings. The molecule has 1 aromatic heterocycles. The van der Waals surface area contributed by atoms with Crippen LogP contribution in [0.5, 0.6) is 0 Å². The molecule has 0 bridgehead atoms. The lowest BCUT2D eigenvalue weighted by molar-refractivity contribution is -0.120. The van der Waals surface area contributed by atoms with Crippen molar-refractivity contribution in [1.82, 2.24) is 10.2 Å². The Balaban J connectivity index is 1.69. The zero-order chi connectivity index (χ0) is 19.6. The molecule has 2 aromatic rings. The first kappa shape index (κ1) is 19.5. The van der Waals surface area contributed by atoms with Gasteiger partial charge in [0.25, 0.3) is 0 Å². The van der Waals surface area contributed by atoms with Crippen LogP contribution < -0.4 is 10.2 Å². The van der Waals surface area contributed by atoms with E-state index in [0.29, 0.717) is 18.1 Å². The summed E-state index contributed by atoms with van der Waals surface area (Å²) in [5.74, 6) is 0.0871. The van der Waals surface area contributed by atoms with Gasteiger partial charge in [0.15, 0.2) is 0 Å². The molecule has 1 aliphatic heterocycles. The first-order valence-corrected chi connectivity index (χ1v) is 10.3. The van der Waals surface area contributed by atoms with Crippen molar-refractivity contribution in [2.24, 2.45) is 5.92 Å². The monoisotopic (exact) mass is 386 g/mol. The summed E-state index contributed by atoms with van der Waals surface area (Å²) in [4.78, 5) is 26.6. The largest absolute Gasteiger partial charge is 0.312 e. The average Bonchev–Trinajstić information content (AvgIpc) is 3.25. The Hall–Kier alpha value is -2.28. The number of benzene rings is 1. The van der Waals surface area contributed by atoms with Crippen molar-refractivity contribution in [3.63, 3.8) is 0 Å². The topological polar surface area (TPSA) is 75.2 Å². The second-order valence-electron chi connectivity index (χ2n) is 7.12. The number of nitrogens with zero attached hydrogens (tertiary/aromatic N) is 3. The van der Waals surface area contributed by atoms with E-state index >= 15 is 0 Å². The third-order valence-electron chi connectivity index (χ3n) is 5.30. The molecule has 1 atom stereocenters. The zero-order valence-electron chi connectivity index (χ0n) is 16.3. The van der Waals surface area contributed by atoms with E-state index in [1.165, 1.54) is 22.5 Å². The number of carbonyl (C=O) groups excluding carboxylic acids is 2. The summed E-state index contributed by atoms with van der Waals surface area (Å²) < 4.78 is 0. The van der Waals surface area contributed by atoms with Gasteiger partial charge in [-0.25, -0.2) is 0 Å². The summed E-state index contributed by atoms with van der Waals surface area (Å²) in [7, 11) is 0. The van der Waals surface area contributed by atoms with Gasteiger partial charge in [-0.15, -0.1) is 10.2 Å². The van der Waals surface area contributed by atoms with Crippen molar-refractivity contribution >= 4 is 34.0 Å². The van der Waals surface area contributed by atoms with E-state index in [1.54, 1.807) is 0 Å². The lowest BCUT2D eigenvalue weighted by atomic mass is 10.0. The second kappa shape index (κ2) is 8.17. The molecule has 144 valence electrons. The molecule has 1 unspecified atom stereocenters. The molecule has 1 aromatic carbocycles. The molecule has 7 heteroatoms. The summed E-state index contributed by atoms with van der Waals surface area (Å²) >= 11 is 1.37. The molecule has 1 N–H and O–H groups in total. The Morgan fingerprint density at radius 1 is 1.26 bits per heavy atom. The fraction of sp³-hybridized carbons (Fsp3) is 0.500. The molecular weight excluding hydrogens is 360 g/mol. The highest BCUT2D eigenvalue weighted by molar-refractivity contribution is 7.15. The minimum atomic E-state index is -0.0121. The highest BCUT2D eigenvalue weighted by Crippen LogP contribution is 2.34. The molecule has 2 amide bonds. The molecule has 0 saturated carbocycles. The zero-order valence-corrected chi connectivity index (χ0v) is 17.1. The van der Waals surface area contributed by atoms with Gasteiger partial charge in [0, 0.05) is 30.5 Å². The van der Waals surface area contributed by atoms with Crippen molar-refractivity contribution in [3.8, 4) is 0 Å². The number of hydrogen-bond donors (Lipinski definition) is 1. The van der Waals surface area contributed by atoms with Crippen molar-refractivity contribution in [2.45, 2.75) is 52.9 Å². The van der Waals surface area contributed by atoms with Crippen LogP contribution in [0, 0.1) is 19.8 Å². The van der Waals surface area contributed by atoms with E-state index in [9.17, 15) is 9.59 Å². The fourth-order valence-corrected chi connectivity index (χ4v) is 4.17. The highest BCUT2D eigenvalue weighted by atomic mass is 32.1. The second-order valence-corrected chi connectivity index (χ2v) is 8.13. The SMILES string of the molecule is CCC(CC)C(=O)Nc1nnc(C2CC(=O)N(c3ccc(C)c(C)c3)C2)s1. The fourth-order valence-electron chi connectivity index (χ4n) is 3.33. The van der Waals surface area contributed by atoms with Crippen LogP contribution in [0.3, 0.4) is 0 Å². The number of anilines is 2. The molecule has 1 aliphatic rings. The lowest BCUT2D eigenvalue weighted by Crippen LogP contribution is -2.24. The van der Waals surface area contributed by atoms with Gasteiger partial charge in [0.05, 0.1) is 0 Å². The van der Waals surface area contributed by atoms with Crippen molar-refractivity contribution < 1.29 is 9.59 Å². The number of aryl methyl sites for hydroxylation is 2. The molecule has 1 saturated heterocycles. The number of aromatic nitrogens is 2. The van der Waals surface area contributed by atoms with Gasteiger partial charge in [-0.05, 0) is 49.9 Å². The predicted molar refractivity (Wildman–Crippen MR) is 108 cm³/mol. The quantitative estimate of drug-likeness (QED) is 0.813. The number of carbonyl (C=O) groups is 2. The van der Waals surface area contributed by atoms with E-state index in [-0.39, 0.29) is 23.7 Å². The van der Waals surface area contributed by atoms with E-state index < -0.39 is 0 Å². The first-order valence-electron chi connectivity index (χ1n) is 9.44. The first-order chi connectivity index (χ1) is 12.9. The Bertz CT molecular complexity index is 844. The van der Waals surface area contributed by atoms with Gasteiger partial charge in [0.1, 0.15) is 5.01 Å². The minimum Gasteiger partial charge on any atom is -0.312 e. The molecule has 0 spiro atoms. The summed E-state index contributed by atoms with van der Waals surface area (Å²) in [5.41, 5.74) is 3.31. The summed E-state index contributed by atoms with van der Waals surface area (Å²) in [5, 5.41) is 12.5. The third-order valence-corrected chi connectivity index (χ3v) is 6.30. The molecule has 0 aliphatic carbocycles. The van der Waals surface area contributed by atoms with Gasteiger partial charge in [-0.3, -0.25) is 9.59 Å². The van der Waals surface area contributed by atoms with Gasteiger partial charge < -0.3 is 10.2 Å². The van der Waals surface area contributed by atoms with E-state index in [1.807, 2.05) is 30.9 Å². The smallest absolute Gasteiger partial charge is 0.229 e. The number of rotatable bonds is 6. The van der Waals surface area contributed by atoms with Crippen LogP contribution in [0.15, 0.2) is 18.2 Å². The van der Waals surface area contributed by atoms with Crippen LogP contribution in [0.25, 0.3) is 0 Å². The molecule has 0 radical (unpaired) electrons. The van der Waals surface area contributed by atoms with Gasteiger partial charge >= 0.3 is 0 Å². The normalized spacial score (nSPS) is 17.0. The summed E-state index contributed by atoms with van der Waals surface area (Å²) in [6.45, 7) is 8.72. The Kier molecular flexibility index (Phi) is 5.89. The number of nitrogens with one attached hydrogen (secondary N) is 1. The van der Waals surface area contributed by atoms with E-state index in [2.05, 4.69) is 35.4 Å². The van der Waals surface area contributed by atoms with Crippen LogP contribution >= 0.6 is 11.3 Å². The minimum absolute atomic E-state index is 0.00863. The van der Waals surface area contributed by atoms with Crippen LogP contribution in [-0.2, 0) is 9.59 Å². The average molecular weight is 387 g/mol. The third kappa shape index (κ3) is 4.18. The van der Waals surface area contributed by atoms with Crippen LogP contribution in [-0.4, -0.2) is 28.6 Å².